The van der Waals surface area contributed by atoms with Crippen LogP contribution in [0.2, 0.25) is 4.34 Å². The maximum absolute atomic E-state index is 12.9. The highest BCUT2D eigenvalue weighted by Crippen LogP contribution is 2.41. The van der Waals surface area contributed by atoms with Crippen molar-refractivity contribution < 1.29 is 8.42 Å². The van der Waals surface area contributed by atoms with Gasteiger partial charge < -0.3 is 0 Å². The average Bonchev–Trinajstić information content (AvgIpc) is 3.33. The van der Waals surface area contributed by atoms with E-state index >= 15 is 0 Å². The first-order chi connectivity index (χ1) is 15.5. The molecule has 172 valence electrons. The van der Waals surface area contributed by atoms with Crippen LogP contribution in [0, 0.1) is 11.8 Å². The molecule has 5 rings (SSSR count). The molecule has 2 bridgehead atoms. The standard InChI is InChI=1S/C25H31ClN2O2S2/c26-23-10-11-24(31-23)32(29,30)27-25-20-8-9-21(25)17-22-15-18(6-7-19(22)16-20)5-4-14-28-12-2-1-3-13-28/h4-7,10-11,15,20-21,25,27H,1-3,8-9,12-14,16-17H2. The molecule has 1 N–H and O–H groups in total. The van der Waals surface area contributed by atoms with Gasteiger partial charge in [-0.05, 0) is 92.3 Å². The highest BCUT2D eigenvalue weighted by atomic mass is 35.5. The summed E-state index contributed by atoms with van der Waals surface area (Å²) in [5.41, 5.74) is 4.03. The molecule has 1 aromatic heterocycles. The van der Waals surface area contributed by atoms with Gasteiger partial charge >= 0.3 is 0 Å². The van der Waals surface area contributed by atoms with Crippen molar-refractivity contribution in [3.05, 3.63) is 57.4 Å². The van der Waals surface area contributed by atoms with Crippen LogP contribution in [0.5, 0.6) is 0 Å². The smallest absolute Gasteiger partial charge is 0.250 e. The number of hydrogen-bond donors (Lipinski definition) is 1. The number of fused-ring (bicyclic) bond motifs is 3. The van der Waals surface area contributed by atoms with Crippen LogP contribution in [0.4, 0.5) is 0 Å². The minimum atomic E-state index is -3.53. The van der Waals surface area contributed by atoms with E-state index < -0.39 is 10.0 Å². The van der Waals surface area contributed by atoms with Crippen molar-refractivity contribution in [3.8, 4) is 0 Å². The third-order valence-electron chi connectivity index (χ3n) is 7.35. The van der Waals surface area contributed by atoms with Crippen molar-refractivity contribution in [1.29, 1.82) is 0 Å². The number of benzene rings is 1. The van der Waals surface area contributed by atoms with Crippen LogP contribution in [0.25, 0.3) is 6.08 Å². The molecule has 1 aromatic carbocycles. The zero-order valence-electron chi connectivity index (χ0n) is 18.3. The monoisotopic (exact) mass is 490 g/mol. The second-order valence-corrected chi connectivity index (χ2v) is 13.2. The lowest BCUT2D eigenvalue weighted by molar-refractivity contribution is 0.252. The summed E-state index contributed by atoms with van der Waals surface area (Å²) in [6, 6.07) is 10.1. The maximum atomic E-state index is 12.9. The Morgan fingerprint density at radius 1 is 1.03 bits per heavy atom. The molecule has 2 aliphatic carbocycles. The third kappa shape index (κ3) is 5.00. The summed E-state index contributed by atoms with van der Waals surface area (Å²) < 4.78 is 29.8. The van der Waals surface area contributed by atoms with Crippen LogP contribution in [0.1, 0.15) is 48.8 Å². The van der Waals surface area contributed by atoms with Crippen molar-refractivity contribution in [2.24, 2.45) is 11.8 Å². The van der Waals surface area contributed by atoms with E-state index in [4.69, 9.17) is 11.6 Å². The molecule has 3 unspecified atom stereocenters. The third-order valence-corrected chi connectivity index (χ3v) is 10.5. The van der Waals surface area contributed by atoms with Crippen molar-refractivity contribution >= 4 is 39.0 Å². The Hall–Kier alpha value is -1.18. The number of hydrogen-bond acceptors (Lipinski definition) is 4. The minimum absolute atomic E-state index is 0.00799. The lowest BCUT2D eigenvalue weighted by Crippen LogP contribution is -2.41. The van der Waals surface area contributed by atoms with Gasteiger partial charge in [0.25, 0.3) is 0 Å². The zero-order valence-corrected chi connectivity index (χ0v) is 20.7. The van der Waals surface area contributed by atoms with Gasteiger partial charge in [0.05, 0.1) is 4.34 Å². The molecule has 1 saturated carbocycles. The number of likely N-dealkylation sites (tertiary alicyclic amines) is 1. The summed E-state index contributed by atoms with van der Waals surface area (Å²) in [5, 5.41) is 0. The average molecular weight is 491 g/mol. The molecule has 2 heterocycles. The Balaban J connectivity index is 1.28. The molecule has 1 saturated heterocycles. The molecule has 3 atom stereocenters. The number of nitrogens with zero attached hydrogens (tertiary/aromatic N) is 1. The highest BCUT2D eigenvalue weighted by Gasteiger charge is 2.41. The lowest BCUT2D eigenvalue weighted by atomic mass is 9.92. The molecular weight excluding hydrogens is 460 g/mol. The summed E-state index contributed by atoms with van der Waals surface area (Å²) in [7, 11) is -3.53. The lowest BCUT2D eigenvalue weighted by Gasteiger charge is -2.24. The Morgan fingerprint density at radius 2 is 1.78 bits per heavy atom. The van der Waals surface area contributed by atoms with Crippen molar-refractivity contribution in [2.45, 2.75) is 55.2 Å². The van der Waals surface area contributed by atoms with E-state index in [2.05, 4.69) is 40.0 Å². The van der Waals surface area contributed by atoms with E-state index in [-0.39, 0.29) is 6.04 Å². The van der Waals surface area contributed by atoms with Gasteiger partial charge in [0, 0.05) is 12.6 Å². The summed E-state index contributed by atoms with van der Waals surface area (Å²) in [6.07, 6.45) is 12.6. The summed E-state index contributed by atoms with van der Waals surface area (Å²) in [4.78, 5) is 2.53. The van der Waals surface area contributed by atoms with E-state index in [9.17, 15) is 8.42 Å². The van der Waals surface area contributed by atoms with E-state index in [1.807, 2.05) is 0 Å². The SMILES string of the molecule is O=S(=O)(NC1C2CCC1Cc1cc(C=CCN3CCCCC3)ccc1C2)c1ccc(Cl)s1. The fourth-order valence-electron chi connectivity index (χ4n) is 5.69. The first-order valence-electron chi connectivity index (χ1n) is 11.8. The molecule has 0 amide bonds. The molecule has 0 spiro atoms. The molecule has 0 radical (unpaired) electrons. The van der Waals surface area contributed by atoms with Crippen LogP contribution in [-0.4, -0.2) is 39.0 Å². The molecule has 7 heteroatoms. The quantitative estimate of drug-likeness (QED) is 0.592. The number of sulfonamides is 1. The minimum Gasteiger partial charge on any atom is -0.300 e. The predicted octanol–water partition coefficient (Wildman–Crippen LogP) is 5.37. The van der Waals surface area contributed by atoms with Crippen LogP contribution >= 0.6 is 22.9 Å². The van der Waals surface area contributed by atoms with Crippen molar-refractivity contribution in [1.82, 2.24) is 9.62 Å². The number of rotatable bonds is 6. The van der Waals surface area contributed by atoms with E-state index in [0.717, 1.165) is 43.6 Å². The maximum Gasteiger partial charge on any atom is 0.250 e. The molecule has 1 aliphatic heterocycles. The van der Waals surface area contributed by atoms with Gasteiger partial charge in [-0.2, -0.15) is 0 Å². The molecule has 3 aliphatic rings. The first kappa shape index (κ1) is 22.6. The van der Waals surface area contributed by atoms with Gasteiger partial charge in [0.2, 0.25) is 10.0 Å². The number of piperidine rings is 1. The number of nitrogens with one attached hydrogen (secondary N) is 1. The van der Waals surface area contributed by atoms with Gasteiger partial charge in [0.1, 0.15) is 4.21 Å². The molecule has 2 fully saturated rings. The van der Waals surface area contributed by atoms with E-state index in [0.29, 0.717) is 20.4 Å². The van der Waals surface area contributed by atoms with Gasteiger partial charge in [-0.15, -0.1) is 11.3 Å². The second kappa shape index (κ2) is 9.59. The van der Waals surface area contributed by atoms with Gasteiger partial charge in [0.15, 0.2) is 0 Å². The summed E-state index contributed by atoms with van der Waals surface area (Å²) in [5.74, 6) is 0.700. The first-order valence-corrected chi connectivity index (χ1v) is 14.4. The fourth-order valence-corrected chi connectivity index (χ4v) is 8.56. The van der Waals surface area contributed by atoms with E-state index in [1.165, 1.54) is 49.0 Å². The molecule has 4 nitrogen and oxygen atoms in total. The number of halogens is 1. The Labute approximate surface area is 200 Å². The summed E-state index contributed by atoms with van der Waals surface area (Å²) >= 11 is 7.10. The van der Waals surface area contributed by atoms with Gasteiger partial charge in [-0.1, -0.05) is 48.4 Å². The van der Waals surface area contributed by atoms with E-state index in [1.54, 1.807) is 12.1 Å². The second-order valence-electron chi connectivity index (χ2n) is 9.50. The van der Waals surface area contributed by atoms with Crippen LogP contribution in [0.15, 0.2) is 40.6 Å². The Bertz CT molecular complexity index is 1090. The fraction of sp³-hybridized carbons (Fsp3) is 0.520. The van der Waals surface area contributed by atoms with Gasteiger partial charge in [-0.3, -0.25) is 4.90 Å². The summed E-state index contributed by atoms with van der Waals surface area (Å²) in [6.45, 7) is 3.46. The largest absolute Gasteiger partial charge is 0.300 e. The van der Waals surface area contributed by atoms with Gasteiger partial charge in [-0.25, -0.2) is 13.1 Å². The number of thiophene rings is 1. The Morgan fingerprint density at radius 3 is 2.50 bits per heavy atom. The zero-order chi connectivity index (χ0) is 22.1. The van der Waals surface area contributed by atoms with Crippen LogP contribution < -0.4 is 4.72 Å². The molecule has 32 heavy (non-hydrogen) atoms. The Kier molecular flexibility index (Phi) is 6.77. The van der Waals surface area contributed by atoms with Crippen LogP contribution in [0.3, 0.4) is 0 Å². The van der Waals surface area contributed by atoms with Crippen LogP contribution in [-0.2, 0) is 22.9 Å². The topological polar surface area (TPSA) is 49.4 Å². The molecular formula is C25H31ClN2O2S2. The predicted molar refractivity (Wildman–Crippen MR) is 133 cm³/mol. The molecule has 2 aromatic rings. The van der Waals surface area contributed by atoms with Crippen molar-refractivity contribution in [2.75, 3.05) is 19.6 Å². The van der Waals surface area contributed by atoms with Crippen molar-refractivity contribution in [3.63, 3.8) is 0 Å². The highest BCUT2D eigenvalue weighted by molar-refractivity contribution is 7.91. The normalized spacial score (nSPS) is 26.3.